The van der Waals surface area contributed by atoms with Crippen molar-refractivity contribution in [3.05, 3.63) is 0 Å². The molecule has 0 aromatic carbocycles. The third kappa shape index (κ3) is 5.91. The molecule has 0 heterocycles. The van der Waals surface area contributed by atoms with E-state index in [0.717, 1.165) is 5.92 Å². The van der Waals surface area contributed by atoms with Crippen LogP contribution in [0.15, 0.2) is 0 Å². The van der Waals surface area contributed by atoms with Gasteiger partial charge in [0.05, 0.1) is 0 Å². The highest BCUT2D eigenvalue weighted by atomic mass is 32.1. The van der Waals surface area contributed by atoms with Crippen LogP contribution in [0.4, 0.5) is 0 Å². The summed E-state index contributed by atoms with van der Waals surface area (Å²) in [5.41, 5.74) is 5.83. The standard InChI is InChI=1S/C13H26N4S2/c1-8(2)14-12(18)16-17-13(19)15-11-7-5-6-9(3)10(11)4/h8-11H,5-7H2,1-4H3,(H2,14,16,18)(H2,15,17,19)/t9-,10-,11+/m1/s1. The van der Waals surface area contributed by atoms with E-state index in [4.69, 9.17) is 24.4 Å². The van der Waals surface area contributed by atoms with Gasteiger partial charge in [-0.3, -0.25) is 10.9 Å². The smallest absolute Gasteiger partial charge is 0.185 e. The normalized spacial score (nSPS) is 26.7. The van der Waals surface area contributed by atoms with E-state index in [-0.39, 0.29) is 0 Å². The summed E-state index contributed by atoms with van der Waals surface area (Å²) in [4.78, 5) is 0. The Morgan fingerprint density at radius 3 is 2.32 bits per heavy atom. The molecule has 0 unspecified atom stereocenters. The van der Waals surface area contributed by atoms with Crippen LogP contribution in [0.5, 0.6) is 0 Å². The van der Waals surface area contributed by atoms with Crippen LogP contribution in [0.2, 0.25) is 0 Å². The van der Waals surface area contributed by atoms with Gasteiger partial charge in [0.15, 0.2) is 10.2 Å². The summed E-state index contributed by atoms with van der Waals surface area (Å²) in [6, 6.07) is 0.764. The van der Waals surface area contributed by atoms with Crippen molar-refractivity contribution in [2.75, 3.05) is 0 Å². The molecule has 1 aliphatic rings. The average molecular weight is 303 g/mol. The van der Waals surface area contributed by atoms with Crippen molar-refractivity contribution in [2.45, 2.75) is 59.0 Å². The highest BCUT2D eigenvalue weighted by Crippen LogP contribution is 2.29. The Balaban J connectivity index is 2.29. The van der Waals surface area contributed by atoms with Gasteiger partial charge in [0.2, 0.25) is 0 Å². The van der Waals surface area contributed by atoms with Crippen molar-refractivity contribution >= 4 is 34.7 Å². The van der Waals surface area contributed by atoms with Gasteiger partial charge in [-0.1, -0.05) is 26.7 Å². The van der Waals surface area contributed by atoms with Gasteiger partial charge in [-0.05, 0) is 56.5 Å². The van der Waals surface area contributed by atoms with Crippen LogP contribution in [-0.4, -0.2) is 22.3 Å². The lowest BCUT2D eigenvalue weighted by molar-refractivity contribution is 0.224. The summed E-state index contributed by atoms with van der Waals surface area (Å²) in [6.45, 7) is 8.68. The number of hydrazine groups is 1. The molecule has 1 saturated carbocycles. The minimum Gasteiger partial charge on any atom is -0.359 e. The van der Waals surface area contributed by atoms with Crippen molar-refractivity contribution < 1.29 is 0 Å². The first-order valence-electron chi connectivity index (χ1n) is 7.03. The zero-order chi connectivity index (χ0) is 14.4. The molecule has 0 spiro atoms. The summed E-state index contributed by atoms with van der Waals surface area (Å²) in [6.07, 6.45) is 3.77. The molecular weight excluding hydrogens is 276 g/mol. The maximum absolute atomic E-state index is 5.29. The zero-order valence-electron chi connectivity index (χ0n) is 12.2. The second kappa shape index (κ2) is 7.85. The molecule has 6 heteroatoms. The molecule has 0 aromatic heterocycles. The highest BCUT2D eigenvalue weighted by molar-refractivity contribution is 7.80. The molecule has 0 aromatic rings. The second-order valence-corrected chi connectivity index (χ2v) is 6.54. The van der Waals surface area contributed by atoms with Gasteiger partial charge in [-0.25, -0.2) is 0 Å². The second-order valence-electron chi connectivity index (χ2n) is 5.73. The molecule has 110 valence electrons. The summed E-state index contributed by atoms with van der Waals surface area (Å²) in [5, 5.41) is 7.64. The molecular formula is C13H26N4S2. The lowest BCUT2D eigenvalue weighted by Crippen LogP contribution is -2.54. The molecule has 0 bridgehead atoms. The number of nitrogens with one attached hydrogen (secondary N) is 4. The number of rotatable bonds is 2. The lowest BCUT2D eigenvalue weighted by atomic mass is 9.78. The van der Waals surface area contributed by atoms with Crippen molar-refractivity contribution in [2.24, 2.45) is 11.8 Å². The minimum atomic E-state index is 0.308. The molecule has 1 fully saturated rings. The Hall–Kier alpha value is -0.620. The summed E-state index contributed by atoms with van der Waals surface area (Å²) >= 11 is 10.4. The fourth-order valence-corrected chi connectivity index (χ4v) is 2.89. The Morgan fingerprint density at radius 1 is 1.05 bits per heavy atom. The average Bonchev–Trinajstić information content (AvgIpc) is 2.32. The Bertz CT molecular complexity index is 320. The van der Waals surface area contributed by atoms with Crippen molar-refractivity contribution in [3.8, 4) is 0 Å². The Labute approximate surface area is 127 Å². The molecule has 1 rings (SSSR count). The third-order valence-corrected chi connectivity index (χ3v) is 4.17. The zero-order valence-corrected chi connectivity index (χ0v) is 13.9. The van der Waals surface area contributed by atoms with E-state index >= 15 is 0 Å². The van der Waals surface area contributed by atoms with E-state index in [9.17, 15) is 0 Å². The number of thiocarbonyl (C=S) groups is 2. The molecule has 4 N–H and O–H groups in total. The molecule has 19 heavy (non-hydrogen) atoms. The SMILES string of the molecule is CC(C)NC(=S)NNC(=S)N[C@H]1CCC[C@@H](C)[C@H]1C. The van der Waals surface area contributed by atoms with Gasteiger partial charge < -0.3 is 10.6 Å². The molecule has 4 nitrogen and oxygen atoms in total. The monoisotopic (exact) mass is 302 g/mol. The minimum absolute atomic E-state index is 0.308. The third-order valence-electron chi connectivity index (χ3n) is 3.73. The van der Waals surface area contributed by atoms with Crippen LogP contribution in [0.25, 0.3) is 0 Å². The van der Waals surface area contributed by atoms with Crippen LogP contribution in [0, 0.1) is 11.8 Å². The van der Waals surface area contributed by atoms with Crippen molar-refractivity contribution in [3.63, 3.8) is 0 Å². The first kappa shape index (κ1) is 16.4. The largest absolute Gasteiger partial charge is 0.359 e. The van der Waals surface area contributed by atoms with E-state index in [2.05, 4.69) is 35.3 Å². The van der Waals surface area contributed by atoms with E-state index < -0.39 is 0 Å². The first-order valence-corrected chi connectivity index (χ1v) is 7.84. The summed E-state index contributed by atoms with van der Waals surface area (Å²) < 4.78 is 0. The van der Waals surface area contributed by atoms with E-state index in [1.54, 1.807) is 0 Å². The van der Waals surface area contributed by atoms with Crippen LogP contribution < -0.4 is 21.5 Å². The van der Waals surface area contributed by atoms with E-state index in [1.165, 1.54) is 19.3 Å². The van der Waals surface area contributed by atoms with Gasteiger partial charge in [0.25, 0.3) is 0 Å². The Morgan fingerprint density at radius 2 is 1.68 bits per heavy atom. The first-order chi connectivity index (χ1) is 8.90. The lowest BCUT2D eigenvalue weighted by Gasteiger charge is -2.35. The highest BCUT2D eigenvalue weighted by Gasteiger charge is 2.27. The van der Waals surface area contributed by atoms with Crippen LogP contribution in [-0.2, 0) is 0 Å². The van der Waals surface area contributed by atoms with E-state index in [1.807, 2.05) is 13.8 Å². The summed E-state index contributed by atoms with van der Waals surface area (Å²) in [7, 11) is 0. The van der Waals surface area contributed by atoms with Crippen LogP contribution in [0.1, 0.15) is 47.0 Å². The van der Waals surface area contributed by atoms with Gasteiger partial charge >= 0.3 is 0 Å². The van der Waals surface area contributed by atoms with Gasteiger partial charge in [0, 0.05) is 12.1 Å². The number of hydrogen-bond acceptors (Lipinski definition) is 2. The van der Waals surface area contributed by atoms with Gasteiger partial charge in [0.1, 0.15) is 0 Å². The molecule has 3 atom stereocenters. The summed E-state index contributed by atoms with van der Waals surface area (Å²) in [5.74, 6) is 1.40. The molecule has 0 saturated heterocycles. The topological polar surface area (TPSA) is 48.1 Å². The quantitative estimate of drug-likeness (QED) is 0.463. The van der Waals surface area contributed by atoms with Gasteiger partial charge in [-0.15, -0.1) is 0 Å². The number of hydrogen-bond donors (Lipinski definition) is 4. The van der Waals surface area contributed by atoms with Crippen LogP contribution in [0.3, 0.4) is 0 Å². The molecule has 0 amide bonds. The van der Waals surface area contributed by atoms with Crippen LogP contribution >= 0.6 is 24.4 Å². The van der Waals surface area contributed by atoms with Crippen molar-refractivity contribution in [1.82, 2.24) is 21.5 Å². The predicted molar refractivity (Wildman–Crippen MR) is 88.8 cm³/mol. The Kier molecular flexibility index (Phi) is 6.79. The fourth-order valence-electron chi connectivity index (χ4n) is 2.40. The molecule has 0 radical (unpaired) electrons. The maximum atomic E-state index is 5.29. The van der Waals surface area contributed by atoms with Gasteiger partial charge in [-0.2, -0.15) is 0 Å². The van der Waals surface area contributed by atoms with Crippen molar-refractivity contribution in [1.29, 1.82) is 0 Å². The molecule has 0 aliphatic heterocycles. The molecule has 1 aliphatic carbocycles. The predicted octanol–water partition coefficient (Wildman–Crippen LogP) is 2.06. The van der Waals surface area contributed by atoms with E-state index in [0.29, 0.717) is 28.2 Å². The fraction of sp³-hybridized carbons (Fsp3) is 0.846. The maximum Gasteiger partial charge on any atom is 0.185 e.